The van der Waals surface area contributed by atoms with E-state index in [2.05, 4.69) is 309 Å². The molecule has 0 amide bonds. The molecule has 10 aromatic rings. The summed E-state index contributed by atoms with van der Waals surface area (Å²) < 4.78 is 12.7. The van der Waals surface area contributed by atoms with E-state index in [4.69, 9.17) is 32.9 Å². The van der Waals surface area contributed by atoms with E-state index in [-0.39, 0.29) is 17.0 Å². The maximum atomic E-state index is 11.2. The van der Waals surface area contributed by atoms with Gasteiger partial charge >= 0.3 is 11.9 Å². The SMILES string of the molecule is CCOC(=O)CCc1c[nH]c(Br)c1.CI.CN(C)CCCc1c[nH]c(Br)c1.C[N+](C)(C)CCCc1c[nH]c(-c2cccs2)c1.C[N+](C)(C)CCCc1c[nH]c(Br)c1.C[N+](C)(C)CCCc1cc(-c2cccs2)[nH]c1C=O.Cc1cc(C(=O)O)[nH]c1C=C1N=C(c2cccs2)C=C1CCC[N+](C)(C)C.ClCCl.O=Cc1c[nH]c(Br)c1. The van der Waals surface area contributed by atoms with E-state index in [1.807, 2.05) is 54.6 Å². The number of aliphatic imine (C=N–C) groups is 1. The summed E-state index contributed by atoms with van der Waals surface area (Å²) in [6, 6.07) is 26.5. The largest absolute Gasteiger partial charge is 0.477 e. The summed E-state index contributed by atoms with van der Waals surface area (Å²) in [4.78, 5) is 77.6. The lowest BCUT2D eigenvalue weighted by Gasteiger charge is -2.23. The number of ether oxygens (including phenoxy) is 1. The summed E-state index contributed by atoms with van der Waals surface area (Å²) in [6.45, 7) is 9.97. The number of esters is 1. The number of aryl methyl sites for hydroxylation is 6. The van der Waals surface area contributed by atoms with Crippen LogP contribution in [0.1, 0.15) is 127 Å². The van der Waals surface area contributed by atoms with E-state index in [1.165, 1.54) is 70.1 Å². The number of aromatic carboxylic acids is 1. The Morgan fingerprint density at radius 2 is 0.991 bits per heavy atom. The first kappa shape index (κ1) is 103. The first-order valence-corrected chi connectivity index (χ1v) is 46.6. The van der Waals surface area contributed by atoms with Crippen molar-refractivity contribution in [3.8, 4) is 21.1 Å². The van der Waals surface area contributed by atoms with Crippen molar-refractivity contribution in [2.75, 3.05) is 148 Å². The average Bonchev–Trinajstić information content (AvgIpc) is 1.66. The Morgan fingerprint density at radius 3 is 1.39 bits per heavy atom. The Balaban J connectivity index is 0.000000350. The van der Waals surface area contributed by atoms with E-state index in [1.54, 1.807) is 52.3 Å². The van der Waals surface area contributed by atoms with E-state index in [0.29, 0.717) is 18.6 Å². The fourth-order valence-corrected chi connectivity index (χ4v) is 14.8. The third-order valence-corrected chi connectivity index (χ3v) is 21.2. The summed E-state index contributed by atoms with van der Waals surface area (Å²) in [5, 5.41) is 15.6. The summed E-state index contributed by atoms with van der Waals surface area (Å²) >= 11 is 30.1. The number of carbonyl (C=O) groups is 4. The molecule has 11 heterocycles. The van der Waals surface area contributed by atoms with Crippen LogP contribution >= 0.6 is 144 Å². The van der Waals surface area contributed by atoms with Crippen molar-refractivity contribution in [1.29, 1.82) is 0 Å². The van der Waals surface area contributed by atoms with Crippen molar-refractivity contribution >= 4 is 180 Å². The van der Waals surface area contributed by atoms with Gasteiger partial charge in [0.2, 0.25) is 0 Å². The van der Waals surface area contributed by atoms with Gasteiger partial charge in [0.1, 0.15) is 5.69 Å². The zero-order valence-corrected chi connectivity index (χ0v) is 81.9. The molecule has 114 heavy (non-hydrogen) atoms. The average molecular weight is 2040 g/mol. The quantitative estimate of drug-likeness (QED) is 0.00689. The van der Waals surface area contributed by atoms with Crippen molar-refractivity contribution in [3.05, 3.63) is 223 Å². The lowest BCUT2D eigenvalue weighted by Crippen LogP contribution is -2.35. The normalized spacial score (nSPS) is 12.0. The lowest BCUT2D eigenvalue weighted by molar-refractivity contribution is -0.870. The number of aldehydes is 2. The molecule has 8 N–H and O–H groups in total. The first-order valence-electron chi connectivity index (χ1n) is 37.6. The Bertz CT molecular complexity index is 4410. The van der Waals surface area contributed by atoms with E-state index >= 15 is 0 Å². The van der Waals surface area contributed by atoms with Crippen LogP contribution in [0.4, 0.5) is 0 Å². The monoisotopic (exact) mass is 2030 g/mol. The molecule has 29 heteroatoms. The molecule has 0 saturated heterocycles. The molecule has 19 nitrogen and oxygen atoms in total. The van der Waals surface area contributed by atoms with Gasteiger partial charge in [-0.15, -0.1) is 57.2 Å². The number of hydrogen-bond donors (Lipinski definition) is 8. The molecule has 0 radical (unpaired) electrons. The number of allylic oxidation sites excluding steroid dienone is 2. The number of H-pyrrole nitrogens is 7. The molecule has 626 valence electrons. The number of halogens is 7. The van der Waals surface area contributed by atoms with Gasteiger partial charge in [-0.05, 0) is 276 Å². The van der Waals surface area contributed by atoms with Gasteiger partial charge in [-0.3, -0.25) is 14.4 Å². The van der Waals surface area contributed by atoms with Crippen LogP contribution in [0.5, 0.6) is 0 Å². The number of thiophene rings is 3. The van der Waals surface area contributed by atoms with E-state index < -0.39 is 5.97 Å². The van der Waals surface area contributed by atoms with Crippen molar-refractivity contribution in [2.24, 2.45) is 4.99 Å². The first-order chi connectivity index (χ1) is 53.9. The van der Waals surface area contributed by atoms with Gasteiger partial charge in [0.05, 0.1) is 184 Å². The zero-order chi connectivity index (χ0) is 85.0. The highest BCUT2D eigenvalue weighted by atomic mass is 127. The van der Waals surface area contributed by atoms with Crippen LogP contribution in [0.25, 0.3) is 27.2 Å². The molecule has 0 unspecified atom stereocenters. The number of carbonyl (C=O) groups excluding carboxylic acids is 3. The maximum absolute atomic E-state index is 11.2. The van der Waals surface area contributed by atoms with Crippen molar-refractivity contribution in [1.82, 2.24) is 39.8 Å². The highest BCUT2D eigenvalue weighted by molar-refractivity contribution is 14.1. The molecular weight excluding hydrogens is 1910 g/mol. The van der Waals surface area contributed by atoms with Crippen LogP contribution < -0.4 is 0 Å². The van der Waals surface area contributed by atoms with Crippen LogP contribution in [0, 0.1) is 6.92 Å². The summed E-state index contributed by atoms with van der Waals surface area (Å²) in [6.07, 6.45) is 28.1. The van der Waals surface area contributed by atoms with E-state index in [9.17, 15) is 24.3 Å². The fraction of sp³-hybridized carbons (Fsp3) is 0.424. The highest BCUT2D eigenvalue weighted by Crippen LogP contribution is 2.31. The van der Waals surface area contributed by atoms with Gasteiger partial charge in [-0.25, -0.2) is 9.79 Å². The van der Waals surface area contributed by atoms with Gasteiger partial charge < -0.3 is 67.6 Å². The third kappa shape index (κ3) is 44.9. The molecule has 0 fully saturated rings. The van der Waals surface area contributed by atoms with Crippen molar-refractivity contribution < 1.29 is 47.0 Å². The second-order valence-electron chi connectivity index (χ2n) is 31.1. The maximum Gasteiger partial charge on any atom is 0.352 e. The third-order valence-electron chi connectivity index (χ3n) is 16.7. The number of carboxylic acids is 1. The Morgan fingerprint density at radius 1 is 0.553 bits per heavy atom. The topological polar surface area (TPSA) is 224 Å². The van der Waals surface area contributed by atoms with Crippen molar-refractivity contribution in [2.45, 2.75) is 90.9 Å². The number of quaternary nitrogens is 4. The highest BCUT2D eigenvalue weighted by Gasteiger charge is 2.20. The standard InChI is InChI=1S/C21H25N3O2S.C15H20N2OS.C14H21N2S.C10H18BrN2.C9H15BrN2.C9H12BrNO2.C5H4BrNO.CH2Cl2.CH3I/c1-14-11-19(21(25)26)22-16(14)13-17-15(7-5-9-24(2,3)4)12-18(23-17)20-8-6-10-27-20;1-17(2,3)8-4-6-12-10-13(16-14(12)11-18)15-7-5-9-19-15;1-16(2,3)8-4-6-12-10-13(15-11-12)14-7-5-9-17-14;1-13(2,3)6-4-5-9-7-10(11)12-8-9;1-12(2)5-3-4-8-6-9(10)11-7-8;1-2-13-9(12)4-3-7-5-8(10)11-6-7;6-5-1-4(3-8)2-7-5;2-1-3;1-2/h6,8,10-13H,5,7,9H2,1-4H3,(H-,22,23,25,26);5,7,9-11H,4,6,8H2,1-3H3;5,7,9-11,15H,4,6,8H2,1-3H3;7-8,12H,4-6H2,1-3H3;6-7,11H,3-5H2,1-2H3;5-6,11H,2-4H2,1H3;1-3,7H;1H2;1H3/q;;2*+1;;;;;/p+2. The molecule has 0 aliphatic carbocycles. The van der Waals surface area contributed by atoms with Gasteiger partial charge in [-0.2, -0.15) is 0 Å². The van der Waals surface area contributed by atoms with Crippen LogP contribution in [0.3, 0.4) is 0 Å². The van der Waals surface area contributed by atoms with Gasteiger partial charge in [0.25, 0.3) is 0 Å². The second kappa shape index (κ2) is 54.6. The van der Waals surface area contributed by atoms with Crippen molar-refractivity contribution in [3.63, 3.8) is 0 Å². The predicted molar refractivity (Wildman–Crippen MR) is 507 cm³/mol. The zero-order valence-electron chi connectivity index (χ0n) is 69.4. The van der Waals surface area contributed by atoms with Gasteiger partial charge in [0, 0.05) is 74.3 Å². The lowest BCUT2D eigenvalue weighted by atomic mass is 10.1. The Labute approximate surface area is 747 Å². The number of nitrogens with zero attached hydrogens (tertiary/aromatic N) is 6. The minimum atomic E-state index is -0.948. The van der Waals surface area contributed by atoms with Crippen LogP contribution in [-0.4, -0.2) is 241 Å². The summed E-state index contributed by atoms with van der Waals surface area (Å²) in [5.41, 5.74) is 15.1. The van der Waals surface area contributed by atoms with E-state index in [0.717, 1.165) is 170 Å². The molecule has 11 rings (SSSR count). The van der Waals surface area contributed by atoms with Crippen LogP contribution in [0.2, 0.25) is 0 Å². The van der Waals surface area contributed by atoms with Gasteiger partial charge in [0.15, 0.2) is 12.6 Å². The number of aromatic nitrogens is 7. The molecule has 0 saturated carbocycles. The number of aromatic amines is 7. The molecule has 0 atom stereocenters. The van der Waals surface area contributed by atoms with Crippen LogP contribution in [0.15, 0.2) is 167 Å². The summed E-state index contributed by atoms with van der Waals surface area (Å²) in [7, 11) is 30.8. The number of rotatable bonds is 31. The molecular formula is C85H122Br4Cl2IN13O6S3+4. The summed E-state index contributed by atoms with van der Waals surface area (Å²) in [5.74, 6) is -1.09. The second-order valence-corrected chi connectivity index (χ2v) is 38.2. The molecule has 1 aliphatic rings. The Hall–Kier alpha value is -5.48. The molecule has 10 aromatic heterocycles. The number of hydrogen-bond acceptors (Lipinski definition) is 10. The predicted octanol–water partition coefficient (Wildman–Crippen LogP) is 21.9. The molecule has 0 spiro atoms. The minimum Gasteiger partial charge on any atom is -0.477 e. The smallest absolute Gasteiger partial charge is 0.352 e. The minimum absolute atomic E-state index is 0.139. The van der Waals surface area contributed by atoms with Gasteiger partial charge in [-0.1, -0.05) is 40.8 Å². The number of nitrogens with one attached hydrogen (secondary N) is 7. The molecule has 0 aromatic carbocycles. The molecule has 1 aliphatic heterocycles. The Kier molecular flexibility index (Phi) is 49.2. The fourth-order valence-electron chi connectivity index (χ4n) is 11.1. The number of alkyl halides is 3. The molecule has 0 bridgehead atoms. The number of carboxylic acid groups (broad SMARTS) is 1. The van der Waals surface area contributed by atoms with Crippen LogP contribution in [-0.2, 0) is 41.6 Å².